The van der Waals surface area contributed by atoms with Gasteiger partial charge in [-0.15, -0.1) is 23.1 Å². The second-order valence-electron chi connectivity index (χ2n) is 10.8. The number of anilines is 2. The lowest BCUT2D eigenvalue weighted by atomic mass is 9.96. The minimum atomic E-state index is -1.83. The Kier molecular flexibility index (Phi) is 8.86. The molecule has 1 aromatic carbocycles. The number of carboxylic acids is 2. The van der Waals surface area contributed by atoms with Gasteiger partial charge in [0.1, 0.15) is 22.8 Å². The van der Waals surface area contributed by atoms with Gasteiger partial charge in [-0.05, 0) is 19.4 Å². The van der Waals surface area contributed by atoms with Crippen molar-refractivity contribution in [2.24, 2.45) is 10.9 Å². The first-order valence-corrected chi connectivity index (χ1v) is 15.6. The fourth-order valence-corrected chi connectivity index (χ4v) is 6.57. The van der Waals surface area contributed by atoms with Crippen molar-refractivity contribution in [3.8, 4) is 11.5 Å². The fraction of sp³-hybridized carbons (Fsp3) is 0.296. The fourth-order valence-electron chi connectivity index (χ4n) is 4.62. The first-order chi connectivity index (χ1) is 22.5. The number of nitrogens with one attached hydrogen (secondary N) is 2. The molecule has 48 heavy (non-hydrogen) atoms. The summed E-state index contributed by atoms with van der Waals surface area (Å²) in [6.07, 6.45) is 0. The van der Waals surface area contributed by atoms with Crippen LogP contribution in [-0.2, 0) is 24.0 Å². The van der Waals surface area contributed by atoms with E-state index in [-0.39, 0.29) is 44.7 Å². The Hall–Kier alpha value is -5.54. The number of hydrogen-bond acceptors (Lipinski definition) is 17. The number of phenolic OH excluding ortho intramolecular Hbond substituents is 2. The Bertz CT molecular complexity index is 1960. The smallest absolute Gasteiger partial charge is 0.352 e. The number of nitrogen functional groups attached to an aromatic ring is 1. The minimum Gasteiger partial charge on any atom is -0.504 e. The summed E-state index contributed by atoms with van der Waals surface area (Å²) in [6, 6.07) is -0.621. The molecule has 1 fully saturated rings. The number of thiazole rings is 1. The van der Waals surface area contributed by atoms with Crippen LogP contribution < -0.4 is 22.1 Å². The summed E-state index contributed by atoms with van der Waals surface area (Å²) < 4.78 is 0. The molecule has 1 saturated heterocycles. The monoisotopic (exact) mass is 701 g/mol. The molecule has 21 heteroatoms. The largest absolute Gasteiger partial charge is 0.504 e. The maximum absolute atomic E-state index is 13.6. The van der Waals surface area contributed by atoms with Crippen molar-refractivity contribution in [1.82, 2.24) is 25.2 Å². The lowest BCUT2D eigenvalue weighted by Gasteiger charge is -2.49. The molecule has 3 atom stereocenters. The predicted molar refractivity (Wildman–Crippen MR) is 170 cm³/mol. The zero-order valence-electron chi connectivity index (χ0n) is 25.1. The number of oxime groups is 1. The van der Waals surface area contributed by atoms with Crippen molar-refractivity contribution in [3.63, 3.8) is 0 Å². The number of thioether (sulfide) groups is 1. The maximum atomic E-state index is 13.6. The molecular weight excluding hydrogens is 674 g/mol. The number of ketones is 1. The van der Waals surface area contributed by atoms with Gasteiger partial charge in [0.15, 0.2) is 33.9 Å². The number of aliphatic carboxylic acids is 2. The number of carbonyl (C=O) groups excluding carboxylic acids is 3. The zero-order chi connectivity index (χ0) is 35.2. The van der Waals surface area contributed by atoms with Gasteiger partial charge >= 0.3 is 11.9 Å². The van der Waals surface area contributed by atoms with E-state index in [1.54, 1.807) is 0 Å². The number of carboxylic acid groups (broad SMARTS) is 2. The van der Waals surface area contributed by atoms with Gasteiger partial charge in [-0.25, -0.2) is 24.5 Å². The van der Waals surface area contributed by atoms with Crippen molar-refractivity contribution in [2.75, 3.05) is 23.9 Å². The lowest BCUT2D eigenvalue weighted by molar-refractivity contribution is -0.161. The van der Waals surface area contributed by atoms with E-state index in [1.165, 1.54) is 26.3 Å². The van der Waals surface area contributed by atoms with E-state index < -0.39 is 75.5 Å². The van der Waals surface area contributed by atoms with Gasteiger partial charge in [0, 0.05) is 30.3 Å². The molecule has 0 aliphatic carbocycles. The van der Waals surface area contributed by atoms with Crippen LogP contribution >= 0.6 is 23.1 Å². The standard InChI is InChI=1S/C27H27N9O10S2/c1-27(2,25(44)45)46-35-15(11-7-48-26(29)33-11)21(40)34-17-22(41)36-18(24(42)43)8(6-47-23(17)36)14(28)19(39)16-20(30-3)32-10-5-13(38)12(37)4-9(10)31-16/h4-5,7,14,17,23,37-38H,6,28H2,1-3H3,(H2,29,33)(H,30,32)(H,34,40)(H,42,43)(H,44,45)/b35-15-/t14?,17?,23-/m1/s1. The highest BCUT2D eigenvalue weighted by Gasteiger charge is 2.55. The number of β-lactam (4-membered cyclic amide) rings is 1. The molecule has 2 aromatic heterocycles. The summed E-state index contributed by atoms with van der Waals surface area (Å²) in [7, 11) is 1.45. The van der Waals surface area contributed by atoms with Crippen molar-refractivity contribution in [1.29, 1.82) is 0 Å². The number of Topliss-reactive ketones (excluding diaryl/α,β-unsaturated/α-hetero) is 1. The van der Waals surface area contributed by atoms with E-state index in [1.807, 2.05) is 0 Å². The Balaban J connectivity index is 1.41. The molecule has 3 aromatic rings. The Morgan fingerprint density at radius 3 is 2.33 bits per heavy atom. The number of benzene rings is 1. The third kappa shape index (κ3) is 6.00. The summed E-state index contributed by atoms with van der Waals surface area (Å²) >= 11 is 2.00. The SMILES string of the molecule is CNc1nc2cc(O)c(O)cc2nc1C(=O)C(N)C1=C(C(=O)O)N2C(=O)C(NC(=O)/C(=N\OC(C)(C)C(=O)O)c3csc(N)n3)[C@H]2SC1. The van der Waals surface area contributed by atoms with Crippen LogP contribution in [0.2, 0.25) is 0 Å². The van der Waals surface area contributed by atoms with Crippen LogP contribution in [0.1, 0.15) is 30.0 Å². The van der Waals surface area contributed by atoms with Gasteiger partial charge < -0.3 is 47.4 Å². The second-order valence-corrected chi connectivity index (χ2v) is 12.8. The van der Waals surface area contributed by atoms with Crippen LogP contribution in [0, 0.1) is 0 Å². The van der Waals surface area contributed by atoms with Gasteiger partial charge in [0.05, 0.1) is 17.1 Å². The molecule has 5 rings (SSSR count). The zero-order valence-corrected chi connectivity index (χ0v) is 26.7. The summed E-state index contributed by atoms with van der Waals surface area (Å²) in [5.41, 5.74) is 8.86. The quantitative estimate of drug-likeness (QED) is 0.0416. The molecule has 0 saturated carbocycles. The molecule has 2 amide bonds. The van der Waals surface area contributed by atoms with Gasteiger partial charge in [0.2, 0.25) is 11.4 Å². The van der Waals surface area contributed by atoms with Gasteiger partial charge in [-0.1, -0.05) is 5.16 Å². The van der Waals surface area contributed by atoms with Crippen LogP contribution in [0.5, 0.6) is 11.5 Å². The average Bonchev–Trinajstić information content (AvgIpc) is 3.47. The van der Waals surface area contributed by atoms with Gasteiger partial charge in [0.25, 0.3) is 11.8 Å². The second kappa shape index (κ2) is 12.6. The Morgan fingerprint density at radius 2 is 1.77 bits per heavy atom. The third-order valence-corrected chi connectivity index (χ3v) is 9.21. The number of hydrogen-bond donors (Lipinski definition) is 8. The molecule has 4 heterocycles. The molecule has 0 bridgehead atoms. The number of aromatic nitrogens is 3. The number of nitrogens with two attached hydrogens (primary N) is 2. The van der Waals surface area contributed by atoms with E-state index in [4.69, 9.17) is 16.3 Å². The van der Waals surface area contributed by atoms with Crippen LogP contribution in [0.4, 0.5) is 10.9 Å². The number of rotatable bonds is 11. The highest BCUT2D eigenvalue weighted by atomic mass is 32.2. The Morgan fingerprint density at radius 1 is 1.12 bits per heavy atom. The highest BCUT2D eigenvalue weighted by Crippen LogP contribution is 2.41. The van der Waals surface area contributed by atoms with E-state index in [2.05, 4.69) is 30.7 Å². The molecular formula is C27H27N9O10S2. The van der Waals surface area contributed by atoms with E-state index >= 15 is 0 Å². The number of aromatic hydroxyl groups is 2. The van der Waals surface area contributed by atoms with Crippen molar-refractivity contribution >= 4 is 80.3 Å². The average molecular weight is 702 g/mol. The van der Waals surface area contributed by atoms with Crippen molar-refractivity contribution < 1.29 is 49.2 Å². The number of amides is 2. The normalized spacial score (nSPS) is 18.5. The minimum absolute atomic E-state index is 0.0373. The first-order valence-electron chi connectivity index (χ1n) is 13.7. The molecule has 2 unspecified atom stereocenters. The number of nitrogens with zero attached hydrogens (tertiary/aromatic N) is 5. The summed E-state index contributed by atoms with van der Waals surface area (Å²) in [5.74, 6) is -6.74. The predicted octanol–water partition coefficient (Wildman–Crippen LogP) is -0.346. The summed E-state index contributed by atoms with van der Waals surface area (Å²) in [5, 5.41) is 48.6. The van der Waals surface area contributed by atoms with Crippen LogP contribution in [0.25, 0.3) is 11.0 Å². The number of fused-ring (bicyclic) bond motifs is 2. The highest BCUT2D eigenvalue weighted by molar-refractivity contribution is 8.00. The number of phenols is 2. The van der Waals surface area contributed by atoms with Crippen LogP contribution in [0.3, 0.4) is 0 Å². The molecule has 10 N–H and O–H groups in total. The van der Waals surface area contributed by atoms with E-state index in [0.717, 1.165) is 40.1 Å². The van der Waals surface area contributed by atoms with Gasteiger partial charge in [-0.2, -0.15) is 0 Å². The Labute approximate surface area is 277 Å². The van der Waals surface area contributed by atoms with Crippen molar-refractivity contribution in [3.05, 3.63) is 40.2 Å². The molecule has 252 valence electrons. The third-order valence-electron chi connectivity index (χ3n) is 7.24. The van der Waals surface area contributed by atoms with Crippen LogP contribution in [0.15, 0.2) is 33.9 Å². The summed E-state index contributed by atoms with van der Waals surface area (Å²) in [6.45, 7) is 2.40. The lowest BCUT2D eigenvalue weighted by Crippen LogP contribution is -2.71. The van der Waals surface area contributed by atoms with E-state index in [9.17, 15) is 44.4 Å². The topological polar surface area (TPSA) is 306 Å². The van der Waals surface area contributed by atoms with Crippen LogP contribution in [-0.4, -0.2) is 111 Å². The molecule has 2 aliphatic heterocycles. The van der Waals surface area contributed by atoms with Gasteiger partial charge in [-0.3, -0.25) is 19.3 Å². The summed E-state index contributed by atoms with van der Waals surface area (Å²) in [4.78, 5) is 82.7. The first kappa shape index (κ1) is 33.8. The molecule has 19 nitrogen and oxygen atoms in total. The molecule has 0 spiro atoms. The maximum Gasteiger partial charge on any atom is 0.352 e. The number of carbonyl (C=O) groups is 5. The van der Waals surface area contributed by atoms with E-state index in [0.29, 0.717) is 0 Å². The van der Waals surface area contributed by atoms with Crippen molar-refractivity contribution in [2.45, 2.75) is 36.9 Å². The molecule has 2 aliphatic rings. The molecule has 0 radical (unpaired) electrons.